The quantitative estimate of drug-likeness (QED) is 0.626. The Kier molecular flexibility index (Phi) is 7.33. The summed E-state index contributed by atoms with van der Waals surface area (Å²) in [5.74, 6) is 0.857. The van der Waals surface area contributed by atoms with E-state index in [-0.39, 0.29) is 5.54 Å². The fourth-order valence-corrected chi connectivity index (χ4v) is 3.55. The Hall–Kier alpha value is -0.120. The topological polar surface area (TPSA) is 32.5 Å². The lowest BCUT2D eigenvalue weighted by Crippen LogP contribution is -2.55. The van der Waals surface area contributed by atoms with Crippen LogP contribution in [0.1, 0.15) is 53.4 Å². The third kappa shape index (κ3) is 4.17. The van der Waals surface area contributed by atoms with E-state index >= 15 is 0 Å². The van der Waals surface area contributed by atoms with Gasteiger partial charge in [-0.2, -0.15) is 0 Å². The smallest absolute Gasteiger partial charge is 0.0357 e. The zero-order chi connectivity index (χ0) is 14.3. The molecule has 0 aliphatic heterocycles. The monoisotopic (exact) mass is 269 g/mol. The fraction of sp³-hybridized carbons (Fsp3) is 1.00. The Morgan fingerprint density at radius 1 is 1.00 bits per heavy atom. The second-order valence-electron chi connectivity index (χ2n) is 5.90. The third-order valence-electron chi connectivity index (χ3n) is 5.11. The van der Waals surface area contributed by atoms with Gasteiger partial charge in [0, 0.05) is 12.1 Å². The van der Waals surface area contributed by atoms with Crippen molar-refractivity contribution >= 4 is 0 Å². The minimum atomic E-state index is 0.290. The number of hydrogen-bond acceptors (Lipinski definition) is 3. The number of nitrogens with two attached hydrogens (primary N) is 1. The van der Waals surface area contributed by atoms with E-state index in [0.717, 1.165) is 19.0 Å². The maximum atomic E-state index is 6.17. The normalized spacial score (nSPS) is 19.1. The summed E-state index contributed by atoms with van der Waals surface area (Å²) in [6.07, 6.45) is 5.24. The van der Waals surface area contributed by atoms with Gasteiger partial charge in [-0.15, -0.1) is 0 Å². The number of hydrogen-bond donors (Lipinski definition) is 1. The molecule has 2 N–H and O–H groups in total. The molecule has 0 amide bonds. The largest absolute Gasteiger partial charge is 0.329 e. The molecule has 1 unspecified atom stereocenters. The minimum absolute atomic E-state index is 0.290. The van der Waals surface area contributed by atoms with Gasteiger partial charge in [-0.25, -0.2) is 0 Å². The first-order valence-corrected chi connectivity index (χ1v) is 8.35. The molecule has 3 nitrogen and oxygen atoms in total. The SMILES string of the molecule is CCN(CC)CCCN(CC)C(CC)(CN)C1CC1. The zero-order valence-electron chi connectivity index (χ0n) is 13.6. The van der Waals surface area contributed by atoms with Crippen LogP contribution in [0.5, 0.6) is 0 Å². The van der Waals surface area contributed by atoms with Crippen molar-refractivity contribution in [1.29, 1.82) is 0 Å². The van der Waals surface area contributed by atoms with E-state index in [9.17, 15) is 0 Å². The van der Waals surface area contributed by atoms with Gasteiger partial charge in [-0.1, -0.05) is 27.7 Å². The average Bonchev–Trinajstić information content (AvgIpc) is 3.28. The van der Waals surface area contributed by atoms with Crippen LogP contribution < -0.4 is 5.73 Å². The second kappa shape index (κ2) is 8.23. The van der Waals surface area contributed by atoms with Crippen molar-refractivity contribution in [3.8, 4) is 0 Å². The Morgan fingerprint density at radius 3 is 2.00 bits per heavy atom. The molecule has 0 aromatic rings. The molecule has 0 saturated heterocycles. The van der Waals surface area contributed by atoms with Crippen LogP contribution in [0, 0.1) is 5.92 Å². The van der Waals surface area contributed by atoms with Crippen molar-refractivity contribution < 1.29 is 0 Å². The standard InChI is InChI=1S/C16H35N3/c1-5-16(14-17,15-10-11-15)19(8-4)13-9-12-18(6-2)7-3/h15H,5-14,17H2,1-4H3. The summed E-state index contributed by atoms with van der Waals surface area (Å²) in [4.78, 5) is 5.19. The Morgan fingerprint density at radius 2 is 1.63 bits per heavy atom. The summed E-state index contributed by atoms with van der Waals surface area (Å²) in [5, 5.41) is 0. The summed E-state index contributed by atoms with van der Waals surface area (Å²) < 4.78 is 0. The molecule has 114 valence electrons. The van der Waals surface area contributed by atoms with Gasteiger partial charge < -0.3 is 10.6 Å². The summed E-state index contributed by atoms with van der Waals surface area (Å²) in [5.41, 5.74) is 6.46. The third-order valence-corrected chi connectivity index (χ3v) is 5.11. The minimum Gasteiger partial charge on any atom is -0.329 e. The van der Waals surface area contributed by atoms with Crippen LogP contribution in [-0.4, -0.2) is 54.6 Å². The lowest BCUT2D eigenvalue weighted by atomic mass is 9.87. The molecule has 1 rings (SSSR count). The number of rotatable bonds is 11. The van der Waals surface area contributed by atoms with Gasteiger partial charge in [0.2, 0.25) is 0 Å². The van der Waals surface area contributed by atoms with Gasteiger partial charge in [-0.3, -0.25) is 4.90 Å². The van der Waals surface area contributed by atoms with Gasteiger partial charge in [0.05, 0.1) is 0 Å². The van der Waals surface area contributed by atoms with E-state index in [0.29, 0.717) is 0 Å². The molecule has 0 heterocycles. The lowest BCUT2D eigenvalue weighted by Gasteiger charge is -2.43. The molecular formula is C16H35N3. The summed E-state index contributed by atoms with van der Waals surface area (Å²) in [6, 6.07) is 0. The first-order valence-electron chi connectivity index (χ1n) is 8.35. The maximum Gasteiger partial charge on any atom is 0.0357 e. The molecule has 1 aliphatic rings. The predicted octanol–water partition coefficient (Wildman–Crippen LogP) is 2.56. The highest BCUT2D eigenvalue weighted by Crippen LogP contribution is 2.44. The first-order chi connectivity index (χ1) is 9.18. The highest BCUT2D eigenvalue weighted by Gasteiger charge is 2.46. The number of likely N-dealkylation sites (N-methyl/N-ethyl adjacent to an activating group) is 1. The molecule has 0 aromatic heterocycles. The fourth-order valence-electron chi connectivity index (χ4n) is 3.55. The molecule has 1 saturated carbocycles. The molecule has 1 atom stereocenters. The summed E-state index contributed by atoms with van der Waals surface area (Å²) in [6.45, 7) is 15.8. The van der Waals surface area contributed by atoms with Crippen molar-refractivity contribution in [2.75, 3.05) is 39.3 Å². The Labute approximate surface area is 120 Å². The molecule has 1 fully saturated rings. The maximum absolute atomic E-state index is 6.17. The van der Waals surface area contributed by atoms with Crippen LogP contribution in [-0.2, 0) is 0 Å². The van der Waals surface area contributed by atoms with Gasteiger partial charge in [-0.05, 0) is 64.3 Å². The molecule has 3 heteroatoms. The van der Waals surface area contributed by atoms with E-state index < -0.39 is 0 Å². The predicted molar refractivity (Wildman–Crippen MR) is 84.5 cm³/mol. The van der Waals surface area contributed by atoms with E-state index in [1.807, 2.05) is 0 Å². The molecule has 0 spiro atoms. The molecule has 0 bridgehead atoms. The highest BCUT2D eigenvalue weighted by molar-refractivity contribution is 5.02. The molecular weight excluding hydrogens is 234 g/mol. The van der Waals surface area contributed by atoms with Gasteiger partial charge >= 0.3 is 0 Å². The summed E-state index contributed by atoms with van der Waals surface area (Å²) >= 11 is 0. The van der Waals surface area contributed by atoms with Gasteiger partial charge in [0.15, 0.2) is 0 Å². The first kappa shape index (κ1) is 16.9. The van der Waals surface area contributed by atoms with Crippen LogP contribution in [0.4, 0.5) is 0 Å². The molecule has 1 aliphatic carbocycles. The average molecular weight is 269 g/mol. The molecule has 0 aromatic carbocycles. The van der Waals surface area contributed by atoms with Crippen LogP contribution >= 0.6 is 0 Å². The van der Waals surface area contributed by atoms with Crippen molar-refractivity contribution in [2.45, 2.75) is 58.9 Å². The Balaban J connectivity index is 2.51. The van der Waals surface area contributed by atoms with Crippen molar-refractivity contribution in [3.05, 3.63) is 0 Å². The van der Waals surface area contributed by atoms with Crippen LogP contribution in [0.2, 0.25) is 0 Å². The van der Waals surface area contributed by atoms with Crippen molar-refractivity contribution in [2.24, 2.45) is 11.7 Å². The molecule has 0 radical (unpaired) electrons. The van der Waals surface area contributed by atoms with E-state index in [1.165, 1.54) is 51.9 Å². The van der Waals surface area contributed by atoms with E-state index in [1.54, 1.807) is 0 Å². The van der Waals surface area contributed by atoms with Crippen LogP contribution in [0.3, 0.4) is 0 Å². The second-order valence-corrected chi connectivity index (χ2v) is 5.90. The van der Waals surface area contributed by atoms with Crippen molar-refractivity contribution in [3.63, 3.8) is 0 Å². The van der Waals surface area contributed by atoms with Gasteiger partial charge in [0.25, 0.3) is 0 Å². The molecule has 19 heavy (non-hydrogen) atoms. The van der Waals surface area contributed by atoms with Crippen LogP contribution in [0.15, 0.2) is 0 Å². The lowest BCUT2D eigenvalue weighted by molar-refractivity contribution is 0.0690. The van der Waals surface area contributed by atoms with E-state index in [4.69, 9.17) is 5.73 Å². The van der Waals surface area contributed by atoms with E-state index in [2.05, 4.69) is 37.5 Å². The zero-order valence-corrected chi connectivity index (χ0v) is 13.6. The van der Waals surface area contributed by atoms with Crippen molar-refractivity contribution in [1.82, 2.24) is 9.80 Å². The van der Waals surface area contributed by atoms with Gasteiger partial charge in [0.1, 0.15) is 0 Å². The van der Waals surface area contributed by atoms with Crippen LogP contribution in [0.25, 0.3) is 0 Å². The summed E-state index contributed by atoms with van der Waals surface area (Å²) in [7, 11) is 0. The number of nitrogens with zero attached hydrogens (tertiary/aromatic N) is 2. The Bertz CT molecular complexity index is 230. The highest BCUT2D eigenvalue weighted by atomic mass is 15.2.